The maximum atomic E-state index is 12.6. The number of hydrogen-bond donors (Lipinski definition) is 1. The van der Waals surface area contributed by atoms with Gasteiger partial charge in [0.2, 0.25) is 0 Å². The SMILES string of the molecule is O=C(OCc1ccccc1)N(Cc1ccco1)C1CCNCC1. The molecule has 0 unspecified atom stereocenters. The van der Waals surface area contributed by atoms with Crippen molar-refractivity contribution in [2.75, 3.05) is 13.1 Å². The van der Waals surface area contributed by atoms with Crippen molar-refractivity contribution in [3.8, 4) is 0 Å². The third kappa shape index (κ3) is 4.36. The summed E-state index contributed by atoms with van der Waals surface area (Å²) < 4.78 is 10.9. The summed E-state index contributed by atoms with van der Waals surface area (Å²) in [4.78, 5) is 14.4. The summed E-state index contributed by atoms with van der Waals surface area (Å²) >= 11 is 0. The van der Waals surface area contributed by atoms with Crippen molar-refractivity contribution in [1.82, 2.24) is 10.2 Å². The lowest BCUT2D eigenvalue weighted by Crippen LogP contribution is -2.45. The predicted molar refractivity (Wildman–Crippen MR) is 86.8 cm³/mol. The van der Waals surface area contributed by atoms with E-state index in [1.54, 1.807) is 11.2 Å². The Bertz CT molecular complexity index is 592. The van der Waals surface area contributed by atoms with Crippen molar-refractivity contribution in [3.63, 3.8) is 0 Å². The summed E-state index contributed by atoms with van der Waals surface area (Å²) in [6, 6.07) is 13.6. The minimum absolute atomic E-state index is 0.185. The molecule has 0 atom stereocenters. The molecule has 1 aromatic carbocycles. The van der Waals surface area contributed by atoms with E-state index in [0.29, 0.717) is 13.2 Å². The van der Waals surface area contributed by atoms with Gasteiger partial charge in [-0.25, -0.2) is 4.79 Å². The van der Waals surface area contributed by atoms with Gasteiger partial charge in [0.1, 0.15) is 12.4 Å². The molecule has 2 aromatic rings. The Morgan fingerprint density at radius 1 is 1.17 bits per heavy atom. The van der Waals surface area contributed by atoms with Crippen LogP contribution in [0.2, 0.25) is 0 Å². The van der Waals surface area contributed by atoms with Gasteiger partial charge in [0.25, 0.3) is 0 Å². The summed E-state index contributed by atoms with van der Waals surface area (Å²) in [6.45, 7) is 2.58. The number of carbonyl (C=O) groups is 1. The van der Waals surface area contributed by atoms with Gasteiger partial charge in [-0.1, -0.05) is 30.3 Å². The quantitative estimate of drug-likeness (QED) is 0.921. The number of nitrogens with one attached hydrogen (secondary N) is 1. The second kappa shape index (κ2) is 7.83. The van der Waals surface area contributed by atoms with Crippen LogP contribution in [0.5, 0.6) is 0 Å². The lowest BCUT2D eigenvalue weighted by atomic mass is 10.1. The highest BCUT2D eigenvalue weighted by molar-refractivity contribution is 5.68. The number of nitrogens with zero attached hydrogens (tertiary/aromatic N) is 1. The van der Waals surface area contributed by atoms with E-state index in [9.17, 15) is 4.79 Å². The number of piperidine rings is 1. The number of rotatable bonds is 5. The highest BCUT2D eigenvalue weighted by atomic mass is 16.6. The van der Waals surface area contributed by atoms with Crippen LogP contribution < -0.4 is 5.32 Å². The molecule has 1 N–H and O–H groups in total. The van der Waals surface area contributed by atoms with E-state index >= 15 is 0 Å². The van der Waals surface area contributed by atoms with Gasteiger partial charge in [-0.3, -0.25) is 4.90 Å². The second-order valence-electron chi connectivity index (χ2n) is 5.73. The van der Waals surface area contributed by atoms with Gasteiger partial charge in [-0.05, 0) is 43.6 Å². The van der Waals surface area contributed by atoms with Crippen LogP contribution in [0, 0.1) is 0 Å². The first-order valence-corrected chi connectivity index (χ1v) is 8.03. The van der Waals surface area contributed by atoms with E-state index in [4.69, 9.17) is 9.15 Å². The Balaban J connectivity index is 1.64. The molecular formula is C18H22N2O3. The third-order valence-corrected chi connectivity index (χ3v) is 4.10. The fourth-order valence-electron chi connectivity index (χ4n) is 2.83. The van der Waals surface area contributed by atoms with Crippen LogP contribution in [0.15, 0.2) is 53.1 Å². The van der Waals surface area contributed by atoms with Crippen LogP contribution in [-0.4, -0.2) is 30.1 Å². The molecule has 5 nitrogen and oxygen atoms in total. The molecule has 1 aliphatic heterocycles. The predicted octanol–water partition coefficient (Wildman–Crippen LogP) is 3.17. The molecule has 5 heteroatoms. The van der Waals surface area contributed by atoms with Crippen LogP contribution in [0.1, 0.15) is 24.2 Å². The minimum atomic E-state index is -0.280. The average molecular weight is 314 g/mol. The van der Waals surface area contributed by atoms with E-state index in [0.717, 1.165) is 37.3 Å². The topological polar surface area (TPSA) is 54.7 Å². The molecule has 1 amide bonds. The highest BCUT2D eigenvalue weighted by Crippen LogP contribution is 2.18. The van der Waals surface area contributed by atoms with E-state index in [1.165, 1.54) is 0 Å². The van der Waals surface area contributed by atoms with Crippen molar-refractivity contribution in [1.29, 1.82) is 0 Å². The largest absolute Gasteiger partial charge is 0.467 e. The molecule has 3 rings (SSSR count). The molecule has 1 saturated heterocycles. The normalized spacial score (nSPS) is 15.3. The van der Waals surface area contributed by atoms with E-state index in [1.807, 2.05) is 42.5 Å². The van der Waals surface area contributed by atoms with Crippen molar-refractivity contribution < 1.29 is 13.9 Å². The maximum Gasteiger partial charge on any atom is 0.410 e. The zero-order valence-corrected chi connectivity index (χ0v) is 13.1. The van der Waals surface area contributed by atoms with Crippen LogP contribution >= 0.6 is 0 Å². The molecule has 23 heavy (non-hydrogen) atoms. The molecule has 0 saturated carbocycles. The first-order chi connectivity index (χ1) is 11.3. The number of furan rings is 1. The zero-order chi connectivity index (χ0) is 15.9. The van der Waals surface area contributed by atoms with Crippen molar-refractivity contribution >= 4 is 6.09 Å². The Morgan fingerprint density at radius 3 is 2.65 bits per heavy atom. The highest BCUT2D eigenvalue weighted by Gasteiger charge is 2.27. The number of benzene rings is 1. The fraction of sp³-hybridized carbons (Fsp3) is 0.389. The number of hydrogen-bond acceptors (Lipinski definition) is 4. The summed E-state index contributed by atoms with van der Waals surface area (Å²) in [5, 5.41) is 3.32. The van der Waals surface area contributed by atoms with Gasteiger partial charge >= 0.3 is 6.09 Å². The smallest absolute Gasteiger partial charge is 0.410 e. The van der Waals surface area contributed by atoms with Crippen molar-refractivity contribution in [2.24, 2.45) is 0 Å². The van der Waals surface area contributed by atoms with Gasteiger partial charge in [0.05, 0.1) is 12.8 Å². The van der Waals surface area contributed by atoms with Gasteiger partial charge < -0.3 is 14.5 Å². The van der Waals surface area contributed by atoms with Crippen LogP contribution in [0.25, 0.3) is 0 Å². The van der Waals surface area contributed by atoms with Crippen LogP contribution in [0.3, 0.4) is 0 Å². The molecule has 1 aromatic heterocycles. The Kier molecular flexibility index (Phi) is 5.32. The van der Waals surface area contributed by atoms with Gasteiger partial charge in [0.15, 0.2) is 0 Å². The average Bonchev–Trinajstić information content (AvgIpc) is 3.12. The minimum Gasteiger partial charge on any atom is -0.467 e. The Morgan fingerprint density at radius 2 is 1.96 bits per heavy atom. The van der Waals surface area contributed by atoms with Crippen molar-refractivity contribution in [2.45, 2.75) is 32.0 Å². The maximum absolute atomic E-state index is 12.6. The molecule has 0 aliphatic carbocycles. The summed E-state index contributed by atoms with van der Waals surface area (Å²) in [6.07, 6.45) is 3.21. The second-order valence-corrected chi connectivity index (χ2v) is 5.73. The molecule has 1 fully saturated rings. The Labute approximate surface area is 136 Å². The lowest BCUT2D eigenvalue weighted by Gasteiger charge is -2.33. The van der Waals surface area contributed by atoms with E-state index in [-0.39, 0.29) is 12.1 Å². The molecule has 122 valence electrons. The first-order valence-electron chi connectivity index (χ1n) is 8.03. The monoisotopic (exact) mass is 314 g/mol. The van der Waals surface area contributed by atoms with E-state index in [2.05, 4.69) is 5.32 Å². The standard InChI is InChI=1S/C18H22N2O3/c21-18(23-14-15-5-2-1-3-6-15)20(13-17-7-4-12-22-17)16-8-10-19-11-9-16/h1-7,12,16,19H,8-11,13-14H2. The summed E-state index contributed by atoms with van der Waals surface area (Å²) in [5.74, 6) is 0.778. The molecule has 2 heterocycles. The summed E-state index contributed by atoms with van der Waals surface area (Å²) in [5.41, 5.74) is 0.990. The molecule has 0 radical (unpaired) electrons. The van der Waals surface area contributed by atoms with Crippen molar-refractivity contribution in [3.05, 3.63) is 60.1 Å². The zero-order valence-electron chi connectivity index (χ0n) is 13.1. The summed E-state index contributed by atoms with van der Waals surface area (Å²) in [7, 11) is 0. The number of amides is 1. The molecule has 0 bridgehead atoms. The number of carbonyl (C=O) groups excluding carboxylic acids is 1. The van der Waals surface area contributed by atoms with Gasteiger partial charge in [-0.2, -0.15) is 0 Å². The van der Waals surface area contributed by atoms with Gasteiger partial charge in [-0.15, -0.1) is 0 Å². The van der Waals surface area contributed by atoms with Crippen LogP contribution in [0.4, 0.5) is 4.79 Å². The molecular weight excluding hydrogens is 292 g/mol. The van der Waals surface area contributed by atoms with E-state index < -0.39 is 0 Å². The third-order valence-electron chi connectivity index (χ3n) is 4.10. The Hall–Kier alpha value is -2.27. The van der Waals surface area contributed by atoms with Gasteiger partial charge in [0, 0.05) is 6.04 Å². The number of ether oxygens (including phenoxy) is 1. The van der Waals surface area contributed by atoms with Crippen LogP contribution in [-0.2, 0) is 17.9 Å². The molecule has 1 aliphatic rings. The lowest BCUT2D eigenvalue weighted by molar-refractivity contribution is 0.0668. The fourth-order valence-corrected chi connectivity index (χ4v) is 2.83. The first kappa shape index (κ1) is 15.6. The molecule has 0 spiro atoms.